The molecule has 1 aromatic heterocycles. The second-order valence-electron chi connectivity index (χ2n) is 11.1. The van der Waals surface area contributed by atoms with Crippen molar-refractivity contribution in [2.45, 2.75) is 27.2 Å². The van der Waals surface area contributed by atoms with Crippen molar-refractivity contribution in [1.82, 2.24) is 20.0 Å². The molecule has 1 fully saturated rings. The number of benzene rings is 3. The van der Waals surface area contributed by atoms with Crippen LogP contribution < -0.4 is 4.90 Å². The van der Waals surface area contributed by atoms with Gasteiger partial charge in [0, 0.05) is 43.9 Å². The SMILES string of the molecule is CC[C@@H](C)CN(CC(=O)N1CCN(c2ccc(-c3ccc(-c4ccccc4)cc3)nn2)CC1)C(=O)c1ccccc1C. The number of aryl methyl sites for hydroxylation is 1. The molecule has 2 heterocycles. The minimum absolute atomic E-state index is 0.0136. The van der Waals surface area contributed by atoms with Gasteiger partial charge in [0.1, 0.15) is 6.54 Å². The molecule has 7 heteroatoms. The van der Waals surface area contributed by atoms with Crippen LogP contribution in [0.25, 0.3) is 22.4 Å². The van der Waals surface area contributed by atoms with Crippen LogP contribution in [0.1, 0.15) is 36.2 Å². The summed E-state index contributed by atoms with van der Waals surface area (Å²) < 4.78 is 0. The summed E-state index contributed by atoms with van der Waals surface area (Å²) in [7, 11) is 0. The van der Waals surface area contributed by atoms with Crippen LogP contribution >= 0.6 is 0 Å². The topological polar surface area (TPSA) is 69.6 Å². The molecule has 1 aliphatic heterocycles. The van der Waals surface area contributed by atoms with Gasteiger partial charge in [0.2, 0.25) is 5.91 Å². The van der Waals surface area contributed by atoms with Crippen molar-refractivity contribution in [3.63, 3.8) is 0 Å². The quantitative estimate of drug-likeness (QED) is 0.252. The van der Waals surface area contributed by atoms with Gasteiger partial charge >= 0.3 is 0 Å². The lowest BCUT2D eigenvalue weighted by Crippen LogP contribution is -2.52. The van der Waals surface area contributed by atoms with E-state index in [0.29, 0.717) is 44.2 Å². The maximum absolute atomic E-state index is 13.4. The normalized spacial score (nSPS) is 14.0. The summed E-state index contributed by atoms with van der Waals surface area (Å²) in [6.45, 7) is 9.32. The summed E-state index contributed by atoms with van der Waals surface area (Å²) in [5.74, 6) is 1.02. The number of piperazine rings is 1. The zero-order valence-electron chi connectivity index (χ0n) is 24.7. The highest BCUT2D eigenvalue weighted by Crippen LogP contribution is 2.24. The van der Waals surface area contributed by atoms with E-state index in [-0.39, 0.29) is 18.4 Å². The van der Waals surface area contributed by atoms with Crippen LogP contribution in [0.5, 0.6) is 0 Å². The molecular formula is C35H39N5O2. The fourth-order valence-corrected chi connectivity index (χ4v) is 5.27. The molecule has 0 unspecified atom stereocenters. The highest BCUT2D eigenvalue weighted by Gasteiger charge is 2.27. The minimum atomic E-state index is -0.0783. The van der Waals surface area contributed by atoms with Crippen LogP contribution in [0.2, 0.25) is 0 Å². The van der Waals surface area contributed by atoms with Crippen molar-refractivity contribution in [3.8, 4) is 22.4 Å². The number of amides is 2. The average molecular weight is 562 g/mol. The summed E-state index contributed by atoms with van der Waals surface area (Å²) in [6.07, 6.45) is 0.948. The number of nitrogens with zero attached hydrogens (tertiary/aromatic N) is 5. The zero-order chi connectivity index (χ0) is 29.5. The summed E-state index contributed by atoms with van der Waals surface area (Å²) >= 11 is 0. The smallest absolute Gasteiger partial charge is 0.254 e. The number of rotatable bonds is 9. The number of carbonyl (C=O) groups is 2. The van der Waals surface area contributed by atoms with Crippen LogP contribution in [0.4, 0.5) is 5.82 Å². The molecule has 0 aliphatic carbocycles. The lowest BCUT2D eigenvalue weighted by Gasteiger charge is -2.36. The van der Waals surface area contributed by atoms with Crippen molar-refractivity contribution in [1.29, 1.82) is 0 Å². The average Bonchev–Trinajstić information content (AvgIpc) is 3.05. The highest BCUT2D eigenvalue weighted by molar-refractivity contribution is 5.97. The van der Waals surface area contributed by atoms with Gasteiger partial charge in [0.05, 0.1) is 5.69 Å². The van der Waals surface area contributed by atoms with E-state index < -0.39 is 0 Å². The maximum Gasteiger partial charge on any atom is 0.254 e. The minimum Gasteiger partial charge on any atom is -0.352 e. The molecule has 216 valence electrons. The number of carbonyl (C=O) groups excluding carboxylic acids is 2. The molecule has 0 spiro atoms. The molecule has 1 aliphatic rings. The molecule has 1 saturated heterocycles. The first-order valence-electron chi connectivity index (χ1n) is 14.8. The van der Waals surface area contributed by atoms with Crippen molar-refractivity contribution in [2.24, 2.45) is 5.92 Å². The summed E-state index contributed by atoms with van der Waals surface area (Å²) in [5.41, 5.74) is 5.78. The predicted octanol–water partition coefficient (Wildman–Crippen LogP) is 5.96. The molecule has 42 heavy (non-hydrogen) atoms. The van der Waals surface area contributed by atoms with Crippen molar-refractivity contribution >= 4 is 17.6 Å². The Balaban J connectivity index is 1.18. The highest BCUT2D eigenvalue weighted by atomic mass is 16.2. The predicted molar refractivity (Wildman–Crippen MR) is 168 cm³/mol. The zero-order valence-corrected chi connectivity index (χ0v) is 24.7. The monoisotopic (exact) mass is 561 g/mol. The van der Waals surface area contributed by atoms with Crippen LogP contribution in [0.3, 0.4) is 0 Å². The Morgan fingerprint density at radius 2 is 1.43 bits per heavy atom. The fourth-order valence-electron chi connectivity index (χ4n) is 5.27. The second-order valence-corrected chi connectivity index (χ2v) is 11.1. The van der Waals surface area contributed by atoms with Crippen molar-refractivity contribution in [2.75, 3.05) is 44.2 Å². The van der Waals surface area contributed by atoms with E-state index in [9.17, 15) is 9.59 Å². The molecule has 0 N–H and O–H groups in total. The van der Waals surface area contributed by atoms with Crippen LogP contribution in [-0.2, 0) is 4.79 Å². The van der Waals surface area contributed by atoms with Gasteiger partial charge in [-0.2, -0.15) is 0 Å². The van der Waals surface area contributed by atoms with Gasteiger partial charge in [-0.1, -0.05) is 93.1 Å². The van der Waals surface area contributed by atoms with Crippen LogP contribution in [-0.4, -0.2) is 71.1 Å². The molecule has 5 rings (SSSR count). The molecule has 7 nitrogen and oxygen atoms in total. The van der Waals surface area contributed by atoms with Crippen molar-refractivity contribution in [3.05, 3.63) is 102 Å². The van der Waals surface area contributed by atoms with E-state index in [1.807, 2.05) is 66.4 Å². The van der Waals surface area contributed by atoms with Gasteiger partial charge in [-0.15, -0.1) is 10.2 Å². The Morgan fingerprint density at radius 1 is 0.786 bits per heavy atom. The van der Waals surface area contributed by atoms with Crippen LogP contribution in [0.15, 0.2) is 91.0 Å². The van der Waals surface area contributed by atoms with E-state index in [1.54, 1.807) is 4.90 Å². The van der Waals surface area contributed by atoms with Gasteiger partial charge in [0.25, 0.3) is 5.91 Å². The van der Waals surface area contributed by atoms with Crippen LogP contribution in [0, 0.1) is 12.8 Å². The third-order valence-electron chi connectivity index (χ3n) is 8.11. The first kappa shape index (κ1) is 29.0. The maximum atomic E-state index is 13.4. The molecule has 2 amide bonds. The molecule has 0 saturated carbocycles. The summed E-state index contributed by atoms with van der Waals surface area (Å²) in [4.78, 5) is 32.5. The van der Waals surface area contributed by atoms with Gasteiger partial charge < -0.3 is 14.7 Å². The Labute approximate surface area is 248 Å². The third-order valence-corrected chi connectivity index (χ3v) is 8.11. The molecule has 0 bridgehead atoms. The number of aromatic nitrogens is 2. The fraction of sp³-hybridized carbons (Fsp3) is 0.314. The van der Waals surface area contributed by atoms with Gasteiger partial charge in [0.15, 0.2) is 5.82 Å². The molecule has 0 radical (unpaired) electrons. The molecule has 1 atom stereocenters. The van der Waals surface area contributed by atoms with Gasteiger partial charge in [-0.05, 0) is 47.7 Å². The second kappa shape index (κ2) is 13.4. The van der Waals surface area contributed by atoms with E-state index in [4.69, 9.17) is 0 Å². The third kappa shape index (κ3) is 6.85. The Hall–Kier alpha value is -4.52. The van der Waals surface area contributed by atoms with Gasteiger partial charge in [-0.3, -0.25) is 9.59 Å². The Morgan fingerprint density at radius 3 is 2.07 bits per heavy atom. The Kier molecular flexibility index (Phi) is 9.27. The van der Waals surface area contributed by atoms with E-state index in [0.717, 1.165) is 29.1 Å². The number of hydrogen-bond acceptors (Lipinski definition) is 5. The first-order valence-corrected chi connectivity index (χ1v) is 14.8. The lowest BCUT2D eigenvalue weighted by atomic mass is 10.0. The molecule has 4 aromatic rings. The number of hydrogen-bond donors (Lipinski definition) is 0. The molecular weight excluding hydrogens is 522 g/mol. The number of anilines is 1. The van der Waals surface area contributed by atoms with E-state index in [2.05, 4.69) is 65.3 Å². The molecule has 3 aromatic carbocycles. The van der Waals surface area contributed by atoms with E-state index >= 15 is 0 Å². The standard InChI is InChI=1S/C35H39N5O2/c1-4-26(2)24-40(35(42)31-13-9-8-10-27(31)3)25-34(41)39-22-20-38(21-23-39)33-19-18-32(36-37-33)30-16-14-29(15-17-30)28-11-6-5-7-12-28/h5-19,26H,4,20-25H2,1-3H3/t26-/m1/s1. The Bertz CT molecular complexity index is 1480. The van der Waals surface area contributed by atoms with Crippen molar-refractivity contribution < 1.29 is 9.59 Å². The largest absolute Gasteiger partial charge is 0.352 e. The summed E-state index contributed by atoms with van der Waals surface area (Å²) in [5, 5.41) is 9.00. The summed E-state index contributed by atoms with van der Waals surface area (Å²) in [6, 6.07) is 30.3. The van der Waals surface area contributed by atoms with Gasteiger partial charge in [-0.25, -0.2) is 0 Å². The first-order chi connectivity index (χ1) is 20.4. The lowest BCUT2D eigenvalue weighted by molar-refractivity contribution is -0.132. The van der Waals surface area contributed by atoms with E-state index in [1.165, 1.54) is 11.1 Å².